The molecule has 36 heavy (non-hydrogen) atoms. The molecule has 2 bridgehead atoms. The molecule has 0 saturated heterocycles. The highest BCUT2D eigenvalue weighted by Gasteiger charge is 2.59. The van der Waals surface area contributed by atoms with Crippen LogP contribution in [-0.4, -0.2) is 52.7 Å². The van der Waals surface area contributed by atoms with E-state index in [2.05, 4.69) is 5.32 Å². The lowest BCUT2D eigenvalue weighted by Crippen LogP contribution is -2.58. The highest BCUT2D eigenvalue weighted by molar-refractivity contribution is 7.92. The molecule has 0 spiro atoms. The van der Waals surface area contributed by atoms with Gasteiger partial charge < -0.3 is 20.6 Å². The zero-order valence-corrected chi connectivity index (χ0v) is 20.7. The van der Waals surface area contributed by atoms with Crippen LogP contribution in [0.4, 0.5) is 18.9 Å². The molecule has 2 fully saturated rings. The van der Waals surface area contributed by atoms with Crippen molar-refractivity contribution >= 4 is 33.0 Å². The van der Waals surface area contributed by atoms with E-state index in [9.17, 15) is 41.7 Å². The quantitative estimate of drug-likeness (QED) is 0.411. The first-order chi connectivity index (χ1) is 16.8. The van der Waals surface area contributed by atoms with Gasteiger partial charge in [-0.1, -0.05) is 11.6 Å². The number of amides is 1. The number of hydrogen-bond donors (Lipinski definition) is 4. The fourth-order valence-corrected chi connectivity index (χ4v) is 7.94. The fourth-order valence-electron chi connectivity index (χ4n) is 5.54. The molecule has 4 N–H and O–H groups in total. The normalized spacial score (nSPS) is 27.5. The molecular weight excluding hydrogens is 523 g/mol. The van der Waals surface area contributed by atoms with Gasteiger partial charge >= 0.3 is 0 Å². The summed E-state index contributed by atoms with van der Waals surface area (Å²) in [6, 6.07) is 4.67. The Balaban J connectivity index is 1.59. The van der Waals surface area contributed by atoms with Gasteiger partial charge in [0, 0.05) is 23.4 Å². The molecule has 196 valence electrons. The smallest absolute Gasteiger partial charge is 0.255 e. The molecule has 0 aromatic heterocycles. The maximum Gasteiger partial charge on any atom is 0.255 e. The molecule has 7 nitrogen and oxygen atoms in total. The fraction of sp³-hybridized carbons (Fsp3) is 0.458. The number of aliphatic hydroxyl groups is 3. The van der Waals surface area contributed by atoms with E-state index in [1.807, 2.05) is 0 Å². The van der Waals surface area contributed by atoms with Crippen molar-refractivity contribution in [2.24, 2.45) is 11.8 Å². The van der Waals surface area contributed by atoms with Crippen molar-refractivity contribution in [1.29, 1.82) is 0 Å². The van der Waals surface area contributed by atoms with Crippen LogP contribution in [0.1, 0.15) is 43.0 Å². The number of nitrogens with one attached hydrogen (secondary N) is 1. The summed E-state index contributed by atoms with van der Waals surface area (Å²) in [7, 11) is -4.10. The van der Waals surface area contributed by atoms with E-state index in [4.69, 9.17) is 11.6 Å². The van der Waals surface area contributed by atoms with Crippen LogP contribution in [0.3, 0.4) is 0 Å². The Kier molecular flexibility index (Phi) is 7.17. The number of hydrogen-bond acceptors (Lipinski definition) is 6. The first-order valence-electron chi connectivity index (χ1n) is 11.3. The summed E-state index contributed by atoms with van der Waals surface area (Å²) < 4.78 is 67.2. The van der Waals surface area contributed by atoms with Crippen molar-refractivity contribution in [3.8, 4) is 0 Å². The molecular formula is C24H25ClF3NO6S. The molecule has 2 unspecified atom stereocenters. The Labute approximate surface area is 210 Å². The summed E-state index contributed by atoms with van der Waals surface area (Å²) in [4.78, 5) is 12.3. The molecule has 1 amide bonds. The number of aliphatic hydroxyl groups excluding tert-OH is 2. The highest BCUT2D eigenvalue weighted by Crippen LogP contribution is 2.54. The molecule has 12 heteroatoms. The van der Waals surface area contributed by atoms with Gasteiger partial charge in [0.15, 0.2) is 27.3 Å². The molecule has 0 aliphatic heterocycles. The summed E-state index contributed by atoms with van der Waals surface area (Å²) in [5.41, 5.74) is -2.13. The summed E-state index contributed by atoms with van der Waals surface area (Å²) in [5, 5.41) is 32.5. The lowest BCUT2D eigenvalue weighted by atomic mass is 9.70. The van der Waals surface area contributed by atoms with Crippen LogP contribution < -0.4 is 5.32 Å². The number of benzene rings is 2. The maximum atomic E-state index is 13.6. The second kappa shape index (κ2) is 9.60. The van der Waals surface area contributed by atoms with E-state index in [0.717, 1.165) is 6.07 Å². The van der Waals surface area contributed by atoms with E-state index in [-0.39, 0.29) is 34.0 Å². The summed E-state index contributed by atoms with van der Waals surface area (Å²) in [6.07, 6.45) is -1.59. The number of carbonyl (C=O) groups is 1. The summed E-state index contributed by atoms with van der Waals surface area (Å²) in [5.74, 6) is -6.72. The number of sulfone groups is 1. The molecule has 2 aromatic rings. The lowest BCUT2D eigenvalue weighted by Gasteiger charge is -2.46. The van der Waals surface area contributed by atoms with E-state index in [1.54, 1.807) is 0 Å². The van der Waals surface area contributed by atoms with Crippen LogP contribution in [0, 0.1) is 29.3 Å². The number of carbonyl (C=O) groups excluding carboxylic acids is 1. The molecule has 4 rings (SSSR count). The van der Waals surface area contributed by atoms with E-state index in [1.165, 1.54) is 19.1 Å². The minimum atomic E-state index is -4.10. The van der Waals surface area contributed by atoms with Gasteiger partial charge in [0.25, 0.3) is 5.91 Å². The van der Waals surface area contributed by atoms with Gasteiger partial charge in [-0.15, -0.1) is 0 Å². The Hall–Kier alpha value is -2.18. The van der Waals surface area contributed by atoms with Crippen molar-refractivity contribution in [2.75, 3.05) is 5.32 Å². The van der Waals surface area contributed by atoms with Gasteiger partial charge in [-0.3, -0.25) is 4.79 Å². The predicted molar refractivity (Wildman–Crippen MR) is 125 cm³/mol. The van der Waals surface area contributed by atoms with Gasteiger partial charge in [0.05, 0.1) is 26.9 Å². The zero-order chi connectivity index (χ0) is 26.6. The van der Waals surface area contributed by atoms with Crippen LogP contribution in [0.25, 0.3) is 0 Å². The third-order valence-electron chi connectivity index (χ3n) is 7.38. The largest absolute Gasteiger partial charge is 0.391 e. The summed E-state index contributed by atoms with van der Waals surface area (Å²) >= 11 is 6.19. The number of fused-ring (bicyclic) bond motifs is 2. The maximum absolute atomic E-state index is 13.6. The Morgan fingerprint density at radius 1 is 1.08 bits per heavy atom. The predicted octanol–water partition coefficient (Wildman–Crippen LogP) is 3.44. The van der Waals surface area contributed by atoms with Crippen molar-refractivity contribution in [2.45, 2.75) is 60.6 Å². The molecule has 2 aromatic carbocycles. The molecule has 2 aliphatic carbocycles. The molecule has 2 aliphatic rings. The van der Waals surface area contributed by atoms with Crippen molar-refractivity contribution < 1.29 is 41.7 Å². The first-order valence-corrected chi connectivity index (χ1v) is 13.3. The van der Waals surface area contributed by atoms with Gasteiger partial charge in [0.2, 0.25) is 0 Å². The van der Waals surface area contributed by atoms with Gasteiger partial charge in [0.1, 0.15) is 6.10 Å². The lowest BCUT2D eigenvalue weighted by molar-refractivity contribution is -0.172. The van der Waals surface area contributed by atoms with Crippen molar-refractivity contribution in [3.63, 3.8) is 0 Å². The SMILES string of the molecule is C[C@@H](O)[C@@H](O)[C@]1(O)C2CCC1C[C@@H](S(=O)(=O)c1cc(C(=O)Nc3cc(F)c(F)c(F)c3)ccc1Cl)C2. The first kappa shape index (κ1) is 26.9. The van der Waals surface area contributed by atoms with Gasteiger partial charge in [-0.25, -0.2) is 21.6 Å². The topological polar surface area (TPSA) is 124 Å². The minimum Gasteiger partial charge on any atom is -0.391 e. The molecule has 2 saturated carbocycles. The Morgan fingerprint density at radius 3 is 2.17 bits per heavy atom. The van der Waals surface area contributed by atoms with Crippen molar-refractivity contribution in [3.05, 3.63) is 58.4 Å². The molecule has 0 heterocycles. The second-order valence-corrected chi connectivity index (χ2v) is 12.1. The number of halogens is 4. The van der Waals surface area contributed by atoms with Crippen LogP contribution in [-0.2, 0) is 9.84 Å². The average Bonchev–Trinajstić information content (AvgIpc) is 2.98. The highest BCUT2D eigenvalue weighted by atomic mass is 35.5. The minimum absolute atomic E-state index is 0.0278. The summed E-state index contributed by atoms with van der Waals surface area (Å²) in [6.45, 7) is 1.36. The Morgan fingerprint density at radius 2 is 1.64 bits per heavy atom. The van der Waals surface area contributed by atoms with Crippen LogP contribution in [0.2, 0.25) is 5.02 Å². The van der Waals surface area contributed by atoms with E-state index >= 15 is 0 Å². The van der Waals surface area contributed by atoms with Crippen LogP contribution in [0.5, 0.6) is 0 Å². The third-order valence-corrected chi connectivity index (χ3v) is 10.0. The zero-order valence-electron chi connectivity index (χ0n) is 19.1. The average molecular weight is 548 g/mol. The standard InChI is InChI=1S/C24H25ClF3NO6S/c1-11(30)22(31)24(33)13-3-4-14(24)8-16(7-13)36(34,35)20-6-12(2-5-17(20)25)23(32)29-15-9-18(26)21(28)19(27)10-15/h2,5-6,9-11,13-14,16,22,30-31,33H,3-4,7-8H2,1H3,(H,29,32)/t11-,13?,14?,16-,22-,24-/m1/s1. The molecule has 0 radical (unpaired) electrons. The third kappa shape index (κ3) is 4.51. The van der Waals surface area contributed by atoms with Gasteiger partial charge in [-0.2, -0.15) is 0 Å². The monoisotopic (exact) mass is 547 g/mol. The number of anilines is 1. The van der Waals surface area contributed by atoms with E-state index < -0.39 is 68.1 Å². The van der Waals surface area contributed by atoms with Crippen LogP contribution >= 0.6 is 11.6 Å². The van der Waals surface area contributed by atoms with Crippen molar-refractivity contribution in [1.82, 2.24) is 0 Å². The van der Waals surface area contributed by atoms with E-state index in [0.29, 0.717) is 25.0 Å². The van der Waals surface area contributed by atoms with Gasteiger partial charge in [-0.05, 0) is 62.6 Å². The second-order valence-electron chi connectivity index (χ2n) is 9.54. The Bertz CT molecular complexity index is 1270. The van der Waals surface area contributed by atoms with Crippen LogP contribution in [0.15, 0.2) is 35.2 Å². The number of rotatable bonds is 6. The molecule has 4 atom stereocenters.